The van der Waals surface area contributed by atoms with Gasteiger partial charge in [-0.2, -0.15) is 13.2 Å². The van der Waals surface area contributed by atoms with Crippen LogP contribution < -0.4 is 15.4 Å². The van der Waals surface area contributed by atoms with Gasteiger partial charge >= 0.3 is 6.18 Å². The third-order valence-corrected chi connectivity index (χ3v) is 6.47. The average molecular weight is 539 g/mol. The molecule has 2 N–H and O–H groups in total. The van der Waals surface area contributed by atoms with Crippen molar-refractivity contribution in [1.82, 2.24) is 19.4 Å². The molecule has 4 aromatic rings. The van der Waals surface area contributed by atoms with Crippen molar-refractivity contribution in [3.05, 3.63) is 65.4 Å². The van der Waals surface area contributed by atoms with Crippen LogP contribution in [-0.2, 0) is 35.8 Å². The van der Waals surface area contributed by atoms with Gasteiger partial charge in [0.2, 0.25) is 17.8 Å². The van der Waals surface area contributed by atoms with Gasteiger partial charge in [0.25, 0.3) is 0 Å². The van der Waals surface area contributed by atoms with Crippen LogP contribution >= 0.6 is 0 Å². The lowest BCUT2D eigenvalue weighted by atomic mass is 9.93. The number of carbonyl (C=O) groups excluding carboxylic acids is 2. The van der Waals surface area contributed by atoms with E-state index in [-0.39, 0.29) is 42.6 Å². The van der Waals surface area contributed by atoms with Crippen molar-refractivity contribution in [3.63, 3.8) is 0 Å². The summed E-state index contributed by atoms with van der Waals surface area (Å²) in [6.45, 7) is 3.16. The summed E-state index contributed by atoms with van der Waals surface area (Å²) >= 11 is 0. The summed E-state index contributed by atoms with van der Waals surface area (Å²) in [4.78, 5) is 33.3. The van der Waals surface area contributed by atoms with Crippen molar-refractivity contribution in [2.24, 2.45) is 7.05 Å². The third kappa shape index (κ3) is 5.49. The minimum absolute atomic E-state index is 0.116. The average Bonchev–Trinajstić information content (AvgIpc) is 3.17. The molecule has 0 saturated carbocycles. The highest BCUT2D eigenvalue weighted by Crippen LogP contribution is 2.39. The van der Waals surface area contributed by atoms with E-state index in [1.54, 1.807) is 48.0 Å². The molecule has 202 valence electrons. The number of pyridine rings is 1. The lowest BCUT2D eigenvalue weighted by Gasteiger charge is -2.30. The SMILES string of the molecule is CC(=O)Nc1cc(Oc2ccc3nc(Nc4cc5c(c(C(F)(F)F)c4)CCN(C(C)=O)C5)n(C)c3c2)ccn1. The Bertz CT molecular complexity index is 1600. The van der Waals surface area contributed by atoms with E-state index in [9.17, 15) is 22.8 Å². The first kappa shape index (κ1) is 26.0. The highest BCUT2D eigenvalue weighted by Gasteiger charge is 2.36. The monoisotopic (exact) mass is 538 g/mol. The molecule has 39 heavy (non-hydrogen) atoms. The fourth-order valence-corrected chi connectivity index (χ4v) is 4.63. The maximum atomic E-state index is 13.9. The quantitative estimate of drug-likeness (QED) is 0.354. The summed E-state index contributed by atoms with van der Waals surface area (Å²) in [5, 5.41) is 5.62. The molecule has 2 aromatic carbocycles. The predicted octanol–water partition coefficient (Wildman–Crippen LogP) is 5.39. The van der Waals surface area contributed by atoms with Crippen molar-refractivity contribution < 1.29 is 27.5 Å². The number of anilines is 3. The van der Waals surface area contributed by atoms with Gasteiger partial charge in [-0.15, -0.1) is 0 Å². The van der Waals surface area contributed by atoms with Gasteiger partial charge in [-0.05, 0) is 47.9 Å². The summed E-state index contributed by atoms with van der Waals surface area (Å²) in [5.74, 6) is 1.21. The number of fused-ring (bicyclic) bond motifs is 2. The second-order valence-electron chi connectivity index (χ2n) is 9.28. The lowest BCUT2D eigenvalue weighted by molar-refractivity contribution is -0.138. The van der Waals surface area contributed by atoms with E-state index in [1.165, 1.54) is 24.9 Å². The van der Waals surface area contributed by atoms with Gasteiger partial charge < -0.3 is 24.8 Å². The second kappa shape index (κ2) is 9.93. The Morgan fingerprint density at radius 2 is 1.82 bits per heavy atom. The number of benzene rings is 2. The fourth-order valence-electron chi connectivity index (χ4n) is 4.63. The summed E-state index contributed by atoms with van der Waals surface area (Å²) in [7, 11) is 1.74. The number of aryl methyl sites for hydroxylation is 1. The smallest absolute Gasteiger partial charge is 0.416 e. The Balaban J connectivity index is 1.44. The molecule has 2 amide bonds. The van der Waals surface area contributed by atoms with Gasteiger partial charge in [-0.1, -0.05) is 0 Å². The van der Waals surface area contributed by atoms with Crippen LogP contribution in [-0.4, -0.2) is 37.8 Å². The predicted molar refractivity (Wildman–Crippen MR) is 139 cm³/mol. The van der Waals surface area contributed by atoms with E-state index in [0.29, 0.717) is 39.9 Å². The van der Waals surface area contributed by atoms with Gasteiger partial charge in [0.1, 0.15) is 17.3 Å². The van der Waals surface area contributed by atoms with Crippen molar-refractivity contribution >= 4 is 40.3 Å². The number of ether oxygens (including phenoxy) is 1. The molecule has 1 aliphatic heterocycles. The Morgan fingerprint density at radius 1 is 1.05 bits per heavy atom. The fraction of sp³-hybridized carbons (Fsp3) is 0.259. The Morgan fingerprint density at radius 3 is 2.54 bits per heavy atom. The van der Waals surface area contributed by atoms with Crippen LogP contribution in [0.25, 0.3) is 11.0 Å². The van der Waals surface area contributed by atoms with E-state index in [0.717, 1.165) is 6.07 Å². The van der Waals surface area contributed by atoms with Crippen molar-refractivity contribution in [3.8, 4) is 11.5 Å². The number of nitrogens with one attached hydrogen (secondary N) is 2. The molecule has 0 bridgehead atoms. The number of hydrogen-bond acceptors (Lipinski definition) is 6. The molecule has 0 aliphatic carbocycles. The Hall–Kier alpha value is -4.61. The van der Waals surface area contributed by atoms with Crippen molar-refractivity contribution in [1.29, 1.82) is 0 Å². The van der Waals surface area contributed by atoms with E-state index in [4.69, 9.17) is 4.74 Å². The van der Waals surface area contributed by atoms with Gasteiger partial charge in [0, 0.05) is 58.0 Å². The third-order valence-electron chi connectivity index (χ3n) is 6.47. The molecule has 0 unspecified atom stereocenters. The highest BCUT2D eigenvalue weighted by atomic mass is 19.4. The van der Waals surface area contributed by atoms with Gasteiger partial charge in [0.15, 0.2) is 0 Å². The van der Waals surface area contributed by atoms with E-state index >= 15 is 0 Å². The van der Waals surface area contributed by atoms with Crippen LogP contribution in [0.5, 0.6) is 11.5 Å². The number of nitrogens with zero attached hydrogens (tertiary/aromatic N) is 4. The molecule has 0 spiro atoms. The van der Waals surface area contributed by atoms with Crippen molar-refractivity contribution in [2.75, 3.05) is 17.2 Å². The molecule has 5 rings (SSSR count). The lowest BCUT2D eigenvalue weighted by Crippen LogP contribution is -2.35. The highest BCUT2D eigenvalue weighted by molar-refractivity contribution is 5.87. The number of imidazole rings is 1. The van der Waals surface area contributed by atoms with Crippen LogP contribution in [0.2, 0.25) is 0 Å². The van der Waals surface area contributed by atoms with Crippen molar-refractivity contribution in [2.45, 2.75) is 33.0 Å². The maximum Gasteiger partial charge on any atom is 0.416 e. The number of rotatable bonds is 5. The van der Waals surface area contributed by atoms with Gasteiger partial charge in [-0.25, -0.2) is 9.97 Å². The van der Waals surface area contributed by atoms with Crippen LogP contribution in [0.1, 0.15) is 30.5 Å². The number of aromatic nitrogens is 3. The Labute approximate surface area is 221 Å². The van der Waals surface area contributed by atoms with Crippen LogP contribution in [0, 0.1) is 0 Å². The zero-order chi connectivity index (χ0) is 27.9. The summed E-state index contributed by atoms with van der Waals surface area (Å²) in [5.41, 5.74) is 1.48. The van der Waals surface area contributed by atoms with Gasteiger partial charge in [-0.3, -0.25) is 9.59 Å². The number of hydrogen-bond donors (Lipinski definition) is 2. The standard InChI is InChI=1S/C27H25F3N6O3/c1-15(37)32-25-13-20(6-8-31-25)39-19-4-5-23-24(12-19)35(3)26(34-23)33-18-10-17-14-36(16(2)38)9-7-21(17)22(11-18)27(28,29)30/h4-6,8,10-13H,7,9,14H2,1-3H3,(H,33,34)(H,31,32,37). The topological polar surface area (TPSA) is 101 Å². The van der Waals surface area contributed by atoms with Gasteiger partial charge in [0.05, 0.1) is 16.6 Å². The molecule has 0 fully saturated rings. The molecule has 2 aromatic heterocycles. The molecule has 0 radical (unpaired) electrons. The normalized spacial score (nSPS) is 13.2. The van der Waals surface area contributed by atoms with Crippen LogP contribution in [0.15, 0.2) is 48.7 Å². The number of amides is 2. The first-order valence-electron chi connectivity index (χ1n) is 12.1. The molecule has 12 heteroatoms. The summed E-state index contributed by atoms with van der Waals surface area (Å²) < 4.78 is 49.5. The number of halogens is 3. The number of carbonyl (C=O) groups is 2. The second-order valence-corrected chi connectivity index (χ2v) is 9.28. The zero-order valence-corrected chi connectivity index (χ0v) is 21.4. The van der Waals surface area contributed by atoms with E-state index in [1.807, 2.05) is 0 Å². The maximum absolute atomic E-state index is 13.9. The first-order chi connectivity index (χ1) is 18.5. The minimum atomic E-state index is -4.54. The van der Waals surface area contributed by atoms with E-state index < -0.39 is 11.7 Å². The molecule has 0 atom stereocenters. The number of alkyl halides is 3. The molecule has 0 saturated heterocycles. The Kier molecular flexibility index (Phi) is 6.62. The molecule has 1 aliphatic rings. The molecule has 3 heterocycles. The van der Waals surface area contributed by atoms with Crippen LogP contribution in [0.4, 0.5) is 30.6 Å². The molecule has 9 nitrogen and oxygen atoms in total. The van der Waals surface area contributed by atoms with Crippen LogP contribution in [0.3, 0.4) is 0 Å². The van der Waals surface area contributed by atoms with E-state index in [2.05, 4.69) is 20.6 Å². The summed E-state index contributed by atoms with van der Waals surface area (Å²) in [6, 6.07) is 11.2. The first-order valence-corrected chi connectivity index (χ1v) is 12.1. The summed E-state index contributed by atoms with van der Waals surface area (Å²) in [6.07, 6.45) is -2.89. The largest absolute Gasteiger partial charge is 0.457 e. The molecular weight excluding hydrogens is 513 g/mol. The molecular formula is C27H25F3N6O3. The minimum Gasteiger partial charge on any atom is -0.457 e. The zero-order valence-electron chi connectivity index (χ0n) is 21.4.